The number of hydrogen-bond acceptors (Lipinski definition) is 3. The molecule has 0 aliphatic rings. The Morgan fingerprint density at radius 1 is 1.26 bits per heavy atom. The summed E-state index contributed by atoms with van der Waals surface area (Å²) in [5.41, 5.74) is -0.168. The largest absolute Gasteiger partial charge is 0.468 e. The van der Waals surface area contributed by atoms with E-state index in [1.165, 1.54) is 12.0 Å². The van der Waals surface area contributed by atoms with Crippen LogP contribution in [0.5, 0.6) is 0 Å². The monoisotopic (exact) mass is 327 g/mol. The summed E-state index contributed by atoms with van der Waals surface area (Å²) in [7, 11) is 2.96. The van der Waals surface area contributed by atoms with Gasteiger partial charge in [-0.05, 0) is 31.5 Å². The van der Waals surface area contributed by atoms with Gasteiger partial charge in [0.1, 0.15) is 5.41 Å². The molecule has 0 aliphatic carbocycles. The molecule has 0 unspecified atom stereocenters. The Labute approximate surface area is 121 Å². The molecular weight excluding hydrogens is 310 g/mol. The zero-order chi connectivity index (χ0) is 14.6. The third-order valence-corrected chi connectivity index (χ3v) is 3.44. The van der Waals surface area contributed by atoms with E-state index in [1.54, 1.807) is 20.9 Å². The Bertz CT molecular complexity index is 468. The first-order valence-corrected chi connectivity index (χ1v) is 6.66. The van der Waals surface area contributed by atoms with Crippen LogP contribution in [0.1, 0.15) is 19.4 Å². The number of amides is 1. The standard InChI is InChI=1S/C14H18BrNO3/c1-14(2,13(18)19-4)12(17)16(3)9-10-5-7-11(15)8-6-10/h5-8H,9H2,1-4H3. The van der Waals surface area contributed by atoms with E-state index < -0.39 is 11.4 Å². The smallest absolute Gasteiger partial charge is 0.320 e. The van der Waals surface area contributed by atoms with E-state index in [2.05, 4.69) is 20.7 Å². The molecule has 0 atom stereocenters. The first-order chi connectivity index (χ1) is 8.78. The molecule has 0 bridgehead atoms. The number of carbonyl (C=O) groups excluding carboxylic acids is 2. The Morgan fingerprint density at radius 3 is 2.26 bits per heavy atom. The van der Waals surface area contributed by atoms with Crippen LogP contribution in [-0.4, -0.2) is 30.9 Å². The molecule has 4 nitrogen and oxygen atoms in total. The zero-order valence-corrected chi connectivity index (χ0v) is 13.2. The maximum atomic E-state index is 12.3. The van der Waals surface area contributed by atoms with Gasteiger partial charge in [-0.1, -0.05) is 28.1 Å². The van der Waals surface area contributed by atoms with E-state index in [4.69, 9.17) is 0 Å². The van der Waals surface area contributed by atoms with Gasteiger partial charge in [0.2, 0.25) is 5.91 Å². The van der Waals surface area contributed by atoms with Gasteiger partial charge in [0.15, 0.2) is 0 Å². The average molecular weight is 328 g/mol. The number of benzene rings is 1. The molecule has 5 heteroatoms. The van der Waals surface area contributed by atoms with E-state index in [1.807, 2.05) is 24.3 Å². The summed E-state index contributed by atoms with van der Waals surface area (Å²) in [5.74, 6) is -0.789. The number of esters is 1. The van der Waals surface area contributed by atoms with Crippen LogP contribution in [0.3, 0.4) is 0 Å². The quantitative estimate of drug-likeness (QED) is 0.630. The minimum absolute atomic E-state index is 0.262. The SMILES string of the molecule is COC(=O)C(C)(C)C(=O)N(C)Cc1ccc(Br)cc1. The number of methoxy groups -OCH3 is 1. The Balaban J connectivity index is 2.77. The van der Waals surface area contributed by atoms with Crippen molar-refractivity contribution in [3.63, 3.8) is 0 Å². The lowest BCUT2D eigenvalue weighted by atomic mass is 9.91. The second-order valence-corrected chi connectivity index (χ2v) is 5.82. The molecule has 1 aromatic rings. The van der Waals surface area contributed by atoms with Crippen molar-refractivity contribution in [3.8, 4) is 0 Å². The molecule has 0 fully saturated rings. The van der Waals surface area contributed by atoms with Crippen molar-refractivity contribution >= 4 is 27.8 Å². The molecule has 1 aromatic carbocycles. The molecule has 1 rings (SSSR count). The van der Waals surface area contributed by atoms with E-state index in [-0.39, 0.29) is 5.91 Å². The fourth-order valence-corrected chi connectivity index (χ4v) is 2.02. The fourth-order valence-electron chi connectivity index (χ4n) is 1.76. The Hall–Kier alpha value is -1.36. The molecule has 0 radical (unpaired) electrons. The second-order valence-electron chi connectivity index (χ2n) is 4.90. The molecule has 0 saturated carbocycles. The summed E-state index contributed by atoms with van der Waals surface area (Å²) in [6.45, 7) is 3.59. The summed E-state index contributed by atoms with van der Waals surface area (Å²) in [4.78, 5) is 25.4. The van der Waals surface area contributed by atoms with Crippen molar-refractivity contribution in [3.05, 3.63) is 34.3 Å². The van der Waals surface area contributed by atoms with Crippen LogP contribution in [0.25, 0.3) is 0 Å². The molecule has 0 heterocycles. The van der Waals surface area contributed by atoms with Gasteiger partial charge < -0.3 is 9.64 Å². The molecule has 0 aromatic heterocycles. The number of nitrogens with zero attached hydrogens (tertiary/aromatic N) is 1. The maximum absolute atomic E-state index is 12.3. The first kappa shape index (κ1) is 15.7. The number of carbonyl (C=O) groups is 2. The highest BCUT2D eigenvalue weighted by atomic mass is 79.9. The molecule has 1 amide bonds. The van der Waals surface area contributed by atoms with Crippen molar-refractivity contribution in [2.45, 2.75) is 20.4 Å². The minimum Gasteiger partial charge on any atom is -0.468 e. The number of rotatable bonds is 4. The predicted octanol–water partition coefficient (Wildman–Crippen LogP) is 2.61. The summed E-state index contributed by atoms with van der Waals surface area (Å²) >= 11 is 3.36. The molecule has 0 aliphatic heterocycles. The number of halogens is 1. The van der Waals surface area contributed by atoms with Crippen molar-refractivity contribution in [2.75, 3.05) is 14.2 Å². The minimum atomic E-state index is -1.17. The summed E-state index contributed by atoms with van der Waals surface area (Å²) in [6.07, 6.45) is 0. The normalized spacial score (nSPS) is 11.0. The first-order valence-electron chi connectivity index (χ1n) is 5.87. The lowest BCUT2D eigenvalue weighted by Crippen LogP contribution is -2.43. The third kappa shape index (κ3) is 3.80. The highest BCUT2D eigenvalue weighted by Gasteiger charge is 2.39. The van der Waals surface area contributed by atoms with E-state index in [0.29, 0.717) is 6.54 Å². The average Bonchev–Trinajstić information content (AvgIpc) is 2.39. The van der Waals surface area contributed by atoms with Crippen LogP contribution in [0.15, 0.2) is 28.7 Å². The molecule has 0 saturated heterocycles. The number of hydrogen-bond donors (Lipinski definition) is 0. The van der Waals surface area contributed by atoms with Crippen molar-refractivity contribution in [2.24, 2.45) is 5.41 Å². The summed E-state index contributed by atoms with van der Waals surface area (Å²) in [5, 5.41) is 0. The fraction of sp³-hybridized carbons (Fsp3) is 0.429. The van der Waals surface area contributed by atoms with E-state index in [9.17, 15) is 9.59 Å². The zero-order valence-electron chi connectivity index (χ0n) is 11.6. The van der Waals surface area contributed by atoms with Gasteiger partial charge in [-0.15, -0.1) is 0 Å². The third-order valence-electron chi connectivity index (χ3n) is 2.91. The predicted molar refractivity (Wildman–Crippen MR) is 76.4 cm³/mol. The molecule has 19 heavy (non-hydrogen) atoms. The Kier molecular flexibility index (Phi) is 5.11. The Morgan fingerprint density at radius 2 is 1.79 bits per heavy atom. The van der Waals surface area contributed by atoms with E-state index >= 15 is 0 Å². The van der Waals surface area contributed by atoms with Gasteiger partial charge in [-0.2, -0.15) is 0 Å². The summed E-state index contributed by atoms with van der Waals surface area (Å²) < 4.78 is 5.65. The summed E-state index contributed by atoms with van der Waals surface area (Å²) in [6, 6.07) is 7.69. The van der Waals surface area contributed by atoms with Gasteiger partial charge >= 0.3 is 5.97 Å². The lowest BCUT2D eigenvalue weighted by Gasteiger charge is -2.27. The van der Waals surface area contributed by atoms with Gasteiger partial charge in [0, 0.05) is 18.1 Å². The molecule has 0 spiro atoms. The topological polar surface area (TPSA) is 46.6 Å². The van der Waals surface area contributed by atoms with E-state index in [0.717, 1.165) is 10.0 Å². The maximum Gasteiger partial charge on any atom is 0.320 e. The van der Waals surface area contributed by atoms with Crippen molar-refractivity contribution in [1.82, 2.24) is 4.90 Å². The van der Waals surface area contributed by atoms with Gasteiger partial charge in [-0.25, -0.2) is 0 Å². The number of ether oxygens (including phenoxy) is 1. The second kappa shape index (κ2) is 6.19. The highest BCUT2D eigenvalue weighted by Crippen LogP contribution is 2.21. The van der Waals surface area contributed by atoms with Gasteiger partial charge in [-0.3, -0.25) is 9.59 Å². The highest BCUT2D eigenvalue weighted by molar-refractivity contribution is 9.10. The lowest BCUT2D eigenvalue weighted by molar-refractivity contribution is -0.160. The van der Waals surface area contributed by atoms with Crippen LogP contribution in [0.2, 0.25) is 0 Å². The molecular formula is C14H18BrNO3. The van der Waals surface area contributed by atoms with Crippen LogP contribution in [0.4, 0.5) is 0 Å². The van der Waals surface area contributed by atoms with Crippen LogP contribution in [0, 0.1) is 5.41 Å². The van der Waals surface area contributed by atoms with Crippen molar-refractivity contribution < 1.29 is 14.3 Å². The molecule has 0 N–H and O–H groups in total. The van der Waals surface area contributed by atoms with Gasteiger partial charge in [0.05, 0.1) is 7.11 Å². The van der Waals surface area contributed by atoms with Crippen molar-refractivity contribution in [1.29, 1.82) is 0 Å². The van der Waals surface area contributed by atoms with Crippen LogP contribution in [-0.2, 0) is 20.9 Å². The van der Waals surface area contributed by atoms with Gasteiger partial charge in [0.25, 0.3) is 0 Å². The van der Waals surface area contributed by atoms with Crippen LogP contribution >= 0.6 is 15.9 Å². The van der Waals surface area contributed by atoms with Crippen LogP contribution < -0.4 is 0 Å². The molecule has 104 valence electrons.